The third kappa shape index (κ3) is 2.81. The van der Waals surface area contributed by atoms with Gasteiger partial charge in [-0.3, -0.25) is 0 Å². The molecule has 1 fully saturated rings. The van der Waals surface area contributed by atoms with Crippen LogP contribution in [0, 0.1) is 11.3 Å². The van der Waals surface area contributed by atoms with Crippen LogP contribution in [0.3, 0.4) is 0 Å². The van der Waals surface area contributed by atoms with Crippen molar-refractivity contribution in [2.45, 2.75) is 6.10 Å². The molecule has 0 bridgehead atoms. The van der Waals surface area contributed by atoms with Crippen LogP contribution in [-0.4, -0.2) is 23.1 Å². The van der Waals surface area contributed by atoms with Crippen LogP contribution in [0.15, 0.2) is 29.6 Å². The van der Waals surface area contributed by atoms with Crippen molar-refractivity contribution in [3.05, 3.63) is 40.2 Å². The van der Waals surface area contributed by atoms with E-state index in [-0.39, 0.29) is 6.10 Å². The van der Waals surface area contributed by atoms with Gasteiger partial charge in [-0.1, -0.05) is 12.1 Å². The van der Waals surface area contributed by atoms with E-state index in [1.165, 1.54) is 0 Å². The largest absolute Gasteiger partial charge is 0.369 e. The lowest BCUT2D eigenvalue weighted by Crippen LogP contribution is -2.15. The summed E-state index contributed by atoms with van der Waals surface area (Å²) in [6.45, 7) is 0.800. The molecule has 0 amide bonds. The molecule has 1 aliphatic heterocycles. The number of hydrogen-bond donors (Lipinski definition) is 0. The number of benzene rings is 1. The monoisotopic (exact) mass is 288 g/mol. The Morgan fingerprint density at radius 3 is 3.16 bits per heavy atom. The maximum atomic E-state index is 8.93. The summed E-state index contributed by atoms with van der Waals surface area (Å²) in [6.07, 6.45) is 0.122. The second-order valence-corrected chi connectivity index (χ2v) is 6.24. The van der Waals surface area contributed by atoms with Crippen molar-refractivity contribution in [1.29, 1.82) is 5.26 Å². The smallest absolute Gasteiger partial charge is 0.123 e. The van der Waals surface area contributed by atoms with Crippen LogP contribution >= 0.6 is 23.1 Å². The highest BCUT2D eigenvalue weighted by Crippen LogP contribution is 2.31. The van der Waals surface area contributed by atoms with E-state index in [2.05, 4.69) is 11.1 Å². The Balaban J connectivity index is 1.86. The van der Waals surface area contributed by atoms with Gasteiger partial charge >= 0.3 is 0 Å². The first kappa shape index (κ1) is 12.7. The van der Waals surface area contributed by atoms with Gasteiger partial charge < -0.3 is 4.74 Å². The lowest BCUT2D eigenvalue weighted by Gasteiger charge is -2.19. The molecule has 0 spiro atoms. The van der Waals surface area contributed by atoms with Gasteiger partial charge in [0.25, 0.3) is 0 Å². The molecule has 1 atom stereocenters. The molecule has 19 heavy (non-hydrogen) atoms. The van der Waals surface area contributed by atoms with Crippen molar-refractivity contribution in [3.8, 4) is 17.3 Å². The van der Waals surface area contributed by atoms with Gasteiger partial charge in [-0.05, 0) is 12.1 Å². The number of thiazole rings is 1. The predicted octanol–water partition coefficient (Wildman–Crippen LogP) is 3.49. The predicted molar refractivity (Wildman–Crippen MR) is 78.3 cm³/mol. The average molecular weight is 288 g/mol. The number of hydrogen-bond acceptors (Lipinski definition) is 5. The van der Waals surface area contributed by atoms with Crippen molar-refractivity contribution < 1.29 is 4.74 Å². The Hall–Kier alpha value is -1.35. The zero-order valence-corrected chi connectivity index (χ0v) is 11.8. The van der Waals surface area contributed by atoms with Crippen LogP contribution in [0.25, 0.3) is 11.3 Å². The molecule has 0 saturated carbocycles. The van der Waals surface area contributed by atoms with Crippen molar-refractivity contribution >= 4 is 23.1 Å². The number of nitrogens with zero attached hydrogens (tertiary/aromatic N) is 2. The Labute approximate surface area is 120 Å². The molecule has 0 radical (unpaired) electrons. The fourth-order valence-electron chi connectivity index (χ4n) is 1.95. The molecular weight excluding hydrogens is 276 g/mol. The summed E-state index contributed by atoms with van der Waals surface area (Å²) < 4.78 is 5.73. The third-order valence-corrected chi connectivity index (χ3v) is 4.83. The maximum absolute atomic E-state index is 8.93. The van der Waals surface area contributed by atoms with Crippen molar-refractivity contribution in [1.82, 2.24) is 4.98 Å². The average Bonchev–Trinajstić information content (AvgIpc) is 2.98. The number of ether oxygens (including phenoxy) is 1. The molecule has 3 nitrogen and oxygen atoms in total. The Bertz CT molecular complexity index is 612. The van der Waals surface area contributed by atoms with Gasteiger partial charge in [0.2, 0.25) is 0 Å². The Morgan fingerprint density at radius 1 is 1.42 bits per heavy atom. The summed E-state index contributed by atoms with van der Waals surface area (Å²) in [5.41, 5.74) is 2.58. The molecule has 1 aliphatic rings. The molecule has 0 aliphatic carbocycles. The van der Waals surface area contributed by atoms with Gasteiger partial charge in [0.15, 0.2) is 0 Å². The maximum Gasteiger partial charge on any atom is 0.123 e. The minimum atomic E-state index is 0.122. The van der Waals surface area contributed by atoms with E-state index < -0.39 is 0 Å². The van der Waals surface area contributed by atoms with Crippen molar-refractivity contribution in [2.24, 2.45) is 0 Å². The van der Waals surface area contributed by atoms with E-state index in [1.54, 1.807) is 17.4 Å². The highest BCUT2D eigenvalue weighted by Gasteiger charge is 2.20. The zero-order chi connectivity index (χ0) is 13.1. The summed E-state index contributed by atoms with van der Waals surface area (Å²) >= 11 is 3.54. The first-order chi connectivity index (χ1) is 9.36. The molecule has 0 N–H and O–H groups in total. The fourth-order valence-corrected chi connectivity index (χ4v) is 3.78. The number of nitriles is 1. The molecule has 1 saturated heterocycles. The summed E-state index contributed by atoms with van der Waals surface area (Å²) in [6, 6.07) is 9.70. The zero-order valence-electron chi connectivity index (χ0n) is 10.2. The van der Waals surface area contributed by atoms with Gasteiger partial charge in [-0.2, -0.15) is 17.0 Å². The van der Waals surface area contributed by atoms with Gasteiger partial charge in [0.1, 0.15) is 11.1 Å². The van der Waals surface area contributed by atoms with Crippen LogP contribution in [-0.2, 0) is 4.74 Å². The van der Waals surface area contributed by atoms with Gasteiger partial charge in [0, 0.05) is 22.4 Å². The molecule has 1 aromatic heterocycles. The Kier molecular flexibility index (Phi) is 3.83. The van der Waals surface area contributed by atoms with E-state index in [0.29, 0.717) is 5.56 Å². The van der Waals surface area contributed by atoms with E-state index in [4.69, 9.17) is 10.00 Å². The minimum Gasteiger partial charge on any atom is -0.369 e. The van der Waals surface area contributed by atoms with Gasteiger partial charge in [-0.25, -0.2) is 4.98 Å². The first-order valence-corrected chi connectivity index (χ1v) is 8.05. The lowest BCUT2D eigenvalue weighted by atomic mass is 10.1. The van der Waals surface area contributed by atoms with Crippen LogP contribution in [0.5, 0.6) is 0 Å². The Morgan fingerprint density at radius 2 is 2.37 bits per heavy atom. The fraction of sp³-hybridized carbons (Fsp3) is 0.286. The van der Waals surface area contributed by atoms with Gasteiger partial charge in [0.05, 0.1) is 23.9 Å². The van der Waals surface area contributed by atoms with Crippen LogP contribution < -0.4 is 0 Å². The molecule has 96 valence electrons. The quantitative estimate of drug-likeness (QED) is 0.848. The number of aromatic nitrogens is 1. The van der Waals surface area contributed by atoms with E-state index >= 15 is 0 Å². The second-order valence-electron chi connectivity index (χ2n) is 4.20. The molecular formula is C14H12N2OS2. The van der Waals surface area contributed by atoms with Crippen molar-refractivity contribution in [2.75, 3.05) is 18.1 Å². The van der Waals surface area contributed by atoms with Crippen molar-refractivity contribution in [3.63, 3.8) is 0 Å². The number of rotatable bonds is 2. The first-order valence-electron chi connectivity index (χ1n) is 6.02. The molecule has 2 aromatic rings. The molecule has 1 unspecified atom stereocenters. The van der Waals surface area contributed by atoms with Crippen LogP contribution in [0.2, 0.25) is 0 Å². The highest BCUT2D eigenvalue weighted by molar-refractivity contribution is 7.99. The highest BCUT2D eigenvalue weighted by atomic mass is 32.2. The van der Waals surface area contributed by atoms with Crippen LogP contribution in [0.1, 0.15) is 16.7 Å². The topological polar surface area (TPSA) is 45.9 Å². The lowest BCUT2D eigenvalue weighted by molar-refractivity contribution is 0.0756. The minimum absolute atomic E-state index is 0.122. The number of thioether (sulfide) groups is 1. The second kappa shape index (κ2) is 5.74. The van der Waals surface area contributed by atoms with Gasteiger partial charge in [-0.15, -0.1) is 11.3 Å². The van der Waals surface area contributed by atoms with Crippen LogP contribution in [0.4, 0.5) is 0 Å². The third-order valence-electron chi connectivity index (χ3n) is 2.90. The molecule has 1 aromatic carbocycles. The molecule has 3 rings (SSSR count). The van der Waals surface area contributed by atoms with E-state index in [1.807, 2.05) is 35.3 Å². The van der Waals surface area contributed by atoms with E-state index in [0.717, 1.165) is 34.4 Å². The normalized spacial score (nSPS) is 19.0. The standard InChI is InChI=1S/C14H12N2OS2/c15-7-10-2-1-3-11(6-10)12-8-19-14(16-12)13-9-18-5-4-17-13/h1-3,6,8,13H,4-5,9H2. The molecule has 2 heterocycles. The SMILES string of the molecule is N#Cc1cccc(-c2csc(C3CSCCO3)n2)c1. The summed E-state index contributed by atoms with van der Waals surface area (Å²) in [4.78, 5) is 4.65. The molecule has 5 heteroatoms. The van der Waals surface area contributed by atoms with E-state index in [9.17, 15) is 0 Å². The summed E-state index contributed by atoms with van der Waals surface area (Å²) in [5, 5.41) is 12.0. The summed E-state index contributed by atoms with van der Waals surface area (Å²) in [5.74, 6) is 2.05. The summed E-state index contributed by atoms with van der Waals surface area (Å²) in [7, 11) is 0.